The summed E-state index contributed by atoms with van der Waals surface area (Å²) in [6, 6.07) is 7.73. The normalized spacial score (nSPS) is 10.6. The van der Waals surface area contributed by atoms with Crippen LogP contribution in [0.3, 0.4) is 0 Å². The third-order valence-corrected chi connectivity index (χ3v) is 2.24. The fourth-order valence-electron chi connectivity index (χ4n) is 1.46. The molecular formula is C12H15N3O2. The second kappa shape index (κ2) is 6.12. The van der Waals surface area contributed by atoms with Crippen LogP contribution in [-0.4, -0.2) is 41.4 Å². The topological polar surface area (TPSA) is 67.3 Å². The summed E-state index contributed by atoms with van der Waals surface area (Å²) >= 11 is 0. The van der Waals surface area contributed by atoms with E-state index in [1.807, 2.05) is 24.3 Å². The van der Waals surface area contributed by atoms with Gasteiger partial charge in [-0.05, 0) is 12.1 Å². The van der Waals surface area contributed by atoms with Gasteiger partial charge in [-0.2, -0.15) is 0 Å². The highest BCUT2D eigenvalue weighted by molar-refractivity contribution is 5.75. The van der Waals surface area contributed by atoms with Crippen molar-refractivity contribution < 1.29 is 9.84 Å². The maximum Gasteiger partial charge on any atom is 0.145 e. The number of fused-ring (bicyclic) bond motifs is 1. The number of aliphatic hydroxyl groups is 1. The molecule has 0 unspecified atom stereocenters. The largest absolute Gasteiger partial charge is 0.394 e. The van der Waals surface area contributed by atoms with Crippen molar-refractivity contribution in [1.29, 1.82) is 0 Å². The van der Waals surface area contributed by atoms with Gasteiger partial charge in [-0.15, -0.1) is 0 Å². The van der Waals surface area contributed by atoms with Crippen LogP contribution in [0.15, 0.2) is 30.5 Å². The summed E-state index contributed by atoms with van der Waals surface area (Å²) in [6.45, 7) is 1.60. The van der Waals surface area contributed by atoms with E-state index in [0.717, 1.165) is 16.9 Å². The van der Waals surface area contributed by atoms with Crippen molar-refractivity contribution in [2.24, 2.45) is 0 Å². The zero-order chi connectivity index (χ0) is 11.9. The molecule has 0 radical (unpaired) electrons. The van der Waals surface area contributed by atoms with Gasteiger partial charge in [0.25, 0.3) is 0 Å². The smallest absolute Gasteiger partial charge is 0.145 e. The summed E-state index contributed by atoms with van der Waals surface area (Å²) in [4.78, 5) is 8.70. The Labute approximate surface area is 99.5 Å². The van der Waals surface area contributed by atoms with Crippen LogP contribution in [0.5, 0.6) is 0 Å². The average Bonchev–Trinajstić information content (AvgIpc) is 2.38. The monoisotopic (exact) mass is 233 g/mol. The van der Waals surface area contributed by atoms with Gasteiger partial charge in [-0.3, -0.25) is 4.98 Å². The second-order valence-corrected chi connectivity index (χ2v) is 3.51. The number of nitrogens with one attached hydrogen (secondary N) is 1. The molecular weight excluding hydrogens is 218 g/mol. The molecule has 2 rings (SSSR count). The predicted octanol–water partition coefficient (Wildman–Crippen LogP) is 1.05. The van der Waals surface area contributed by atoms with E-state index in [1.54, 1.807) is 6.20 Å². The third kappa shape index (κ3) is 3.37. The van der Waals surface area contributed by atoms with Crippen molar-refractivity contribution in [3.8, 4) is 0 Å². The molecule has 0 aliphatic rings. The summed E-state index contributed by atoms with van der Waals surface area (Å²) in [6.07, 6.45) is 1.70. The van der Waals surface area contributed by atoms with E-state index in [2.05, 4.69) is 15.3 Å². The first-order valence-electron chi connectivity index (χ1n) is 5.54. The summed E-state index contributed by atoms with van der Waals surface area (Å²) in [5.74, 6) is 0.733. The van der Waals surface area contributed by atoms with Crippen LogP contribution < -0.4 is 5.32 Å². The Morgan fingerprint density at radius 1 is 1.18 bits per heavy atom. The number of para-hydroxylation sites is 2. The molecule has 0 saturated carbocycles. The van der Waals surface area contributed by atoms with Crippen molar-refractivity contribution >= 4 is 16.9 Å². The number of rotatable bonds is 6. The minimum Gasteiger partial charge on any atom is -0.394 e. The van der Waals surface area contributed by atoms with Crippen LogP contribution in [-0.2, 0) is 4.74 Å². The molecule has 90 valence electrons. The van der Waals surface area contributed by atoms with Gasteiger partial charge in [-0.1, -0.05) is 12.1 Å². The Morgan fingerprint density at radius 2 is 2.00 bits per heavy atom. The van der Waals surface area contributed by atoms with Crippen LogP contribution >= 0.6 is 0 Å². The highest BCUT2D eigenvalue weighted by Gasteiger charge is 1.97. The molecule has 0 atom stereocenters. The van der Waals surface area contributed by atoms with E-state index in [-0.39, 0.29) is 6.61 Å². The van der Waals surface area contributed by atoms with E-state index in [9.17, 15) is 0 Å². The van der Waals surface area contributed by atoms with Gasteiger partial charge >= 0.3 is 0 Å². The lowest BCUT2D eigenvalue weighted by atomic mass is 10.3. The first-order chi connectivity index (χ1) is 8.40. The fraction of sp³-hybridized carbons (Fsp3) is 0.333. The van der Waals surface area contributed by atoms with Gasteiger partial charge in [0.1, 0.15) is 5.82 Å². The highest BCUT2D eigenvalue weighted by Crippen LogP contribution is 2.10. The molecule has 17 heavy (non-hydrogen) atoms. The van der Waals surface area contributed by atoms with E-state index >= 15 is 0 Å². The summed E-state index contributed by atoms with van der Waals surface area (Å²) in [5, 5.41) is 11.6. The second-order valence-electron chi connectivity index (χ2n) is 3.51. The average molecular weight is 233 g/mol. The maximum atomic E-state index is 8.53. The van der Waals surface area contributed by atoms with E-state index in [1.165, 1.54) is 0 Å². The van der Waals surface area contributed by atoms with E-state index < -0.39 is 0 Å². The van der Waals surface area contributed by atoms with Crippen LogP contribution in [0.4, 0.5) is 5.82 Å². The molecule has 5 heteroatoms. The third-order valence-electron chi connectivity index (χ3n) is 2.24. The molecule has 1 heterocycles. The number of benzene rings is 1. The lowest BCUT2D eigenvalue weighted by Crippen LogP contribution is -2.12. The first-order valence-corrected chi connectivity index (χ1v) is 5.54. The molecule has 0 amide bonds. The number of hydrogen-bond donors (Lipinski definition) is 2. The number of aromatic nitrogens is 2. The molecule has 2 aromatic rings. The van der Waals surface area contributed by atoms with Crippen molar-refractivity contribution in [1.82, 2.24) is 9.97 Å². The Kier molecular flexibility index (Phi) is 4.23. The molecule has 2 N–H and O–H groups in total. The Hall–Kier alpha value is -1.72. The lowest BCUT2D eigenvalue weighted by Gasteiger charge is -2.06. The first kappa shape index (κ1) is 11.8. The standard InChI is InChI=1S/C12H15N3O2/c16-6-8-17-7-5-13-12-9-14-10-3-1-2-4-11(10)15-12/h1-4,9,16H,5-8H2,(H,13,15). The van der Waals surface area contributed by atoms with Crippen LogP contribution in [0.2, 0.25) is 0 Å². The maximum absolute atomic E-state index is 8.53. The van der Waals surface area contributed by atoms with Crippen molar-refractivity contribution in [2.75, 3.05) is 31.7 Å². The molecule has 1 aromatic heterocycles. The number of ether oxygens (including phenoxy) is 1. The fourth-order valence-corrected chi connectivity index (χ4v) is 1.46. The Balaban J connectivity index is 1.90. The Morgan fingerprint density at radius 3 is 2.82 bits per heavy atom. The van der Waals surface area contributed by atoms with Gasteiger partial charge in [0.05, 0.1) is 37.1 Å². The number of hydrogen-bond acceptors (Lipinski definition) is 5. The van der Waals surface area contributed by atoms with Crippen LogP contribution in [0, 0.1) is 0 Å². The molecule has 0 aliphatic heterocycles. The SMILES string of the molecule is OCCOCCNc1cnc2ccccc2n1. The summed E-state index contributed by atoms with van der Waals surface area (Å²) in [5.41, 5.74) is 1.75. The van der Waals surface area contributed by atoms with E-state index in [0.29, 0.717) is 19.8 Å². The van der Waals surface area contributed by atoms with Gasteiger partial charge in [0.2, 0.25) is 0 Å². The van der Waals surface area contributed by atoms with Gasteiger partial charge in [0, 0.05) is 6.54 Å². The van der Waals surface area contributed by atoms with Gasteiger partial charge in [-0.25, -0.2) is 4.98 Å². The lowest BCUT2D eigenvalue weighted by molar-refractivity contribution is 0.0992. The minimum atomic E-state index is 0.0514. The molecule has 0 bridgehead atoms. The molecule has 0 fully saturated rings. The number of aliphatic hydroxyl groups excluding tert-OH is 1. The Bertz CT molecular complexity index is 476. The quantitative estimate of drug-likeness (QED) is 0.730. The molecule has 5 nitrogen and oxygen atoms in total. The minimum absolute atomic E-state index is 0.0514. The van der Waals surface area contributed by atoms with Crippen LogP contribution in [0.1, 0.15) is 0 Å². The molecule has 0 saturated heterocycles. The van der Waals surface area contributed by atoms with E-state index in [4.69, 9.17) is 9.84 Å². The van der Waals surface area contributed by atoms with Crippen molar-refractivity contribution in [3.63, 3.8) is 0 Å². The number of nitrogens with zero attached hydrogens (tertiary/aromatic N) is 2. The molecule has 0 spiro atoms. The summed E-state index contributed by atoms with van der Waals surface area (Å²) < 4.78 is 5.13. The highest BCUT2D eigenvalue weighted by atomic mass is 16.5. The zero-order valence-electron chi connectivity index (χ0n) is 9.47. The van der Waals surface area contributed by atoms with Gasteiger partial charge in [0.15, 0.2) is 0 Å². The van der Waals surface area contributed by atoms with Gasteiger partial charge < -0.3 is 15.2 Å². The predicted molar refractivity (Wildman–Crippen MR) is 65.9 cm³/mol. The van der Waals surface area contributed by atoms with Crippen molar-refractivity contribution in [2.45, 2.75) is 0 Å². The van der Waals surface area contributed by atoms with Crippen LogP contribution in [0.25, 0.3) is 11.0 Å². The summed E-state index contributed by atoms with van der Waals surface area (Å²) in [7, 11) is 0. The zero-order valence-corrected chi connectivity index (χ0v) is 9.47. The number of anilines is 1. The van der Waals surface area contributed by atoms with Crippen molar-refractivity contribution in [3.05, 3.63) is 30.5 Å². The molecule has 1 aromatic carbocycles. The molecule has 0 aliphatic carbocycles.